The Morgan fingerprint density at radius 2 is 1.95 bits per heavy atom. The maximum absolute atomic E-state index is 12.1. The number of rotatable bonds is 5. The number of carbonyl (C=O) groups is 1. The lowest BCUT2D eigenvalue weighted by Gasteiger charge is -2.16. The lowest BCUT2D eigenvalue weighted by atomic mass is 9.90. The zero-order chi connectivity index (χ0) is 13.7. The fraction of sp³-hybridized carbons (Fsp3) is 0.562. The minimum absolute atomic E-state index is 0.0622. The molecule has 1 aromatic carbocycles. The summed E-state index contributed by atoms with van der Waals surface area (Å²) in [6.07, 6.45) is 5.81. The second-order valence-corrected chi connectivity index (χ2v) is 5.60. The van der Waals surface area contributed by atoms with Crippen LogP contribution in [-0.4, -0.2) is 38.0 Å². The molecule has 0 atom stereocenters. The Balaban J connectivity index is 1.88. The van der Waals surface area contributed by atoms with Crippen molar-refractivity contribution in [2.75, 3.05) is 27.2 Å². The SMILES string of the molecule is CN(C)CCCNC(=O)c1ccc2c(c1)CCCC2. The van der Waals surface area contributed by atoms with Crippen LogP contribution in [0.25, 0.3) is 0 Å². The molecule has 2 rings (SSSR count). The van der Waals surface area contributed by atoms with Crippen molar-refractivity contribution >= 4 is 5.91 Å². The second kappa shape index (κ2) is 6.71. The minimum atomic E-state index is 0.0622. The van der Waals surface area contributed by atoms with Crippen LogP contribution in [0.4, 0.5) is 0 Å². The van der Waals surface area contributed by atoms with E-state index in [0.717, 1.165) is 31.5 Å². The van der Waals surface area contributed by atoms with E-state index in [9.17, 15) is 4.79 Å². The number of amides is 1. The van der Waals surface area contributed by atoms with E-state index in [2.05, 4.69) is 22.3 Å². The monoisotopic (exact) mass is 260 g/mol. The molecule has 1 amide bonds. The number of nitrogens with zero attached hydrogens (tertiary/aromatic N) is 1. The topological polar surface area (TPSA) is 32.3 Å². The maximum Gasteiger partial charge on any atom is 0.251 e. The first kappa shape index (κ1) is 14.1. The van der Waals surface area contributed by atoms with Gasteiger partial charge in [0.2, 0.25) is 0 Å². The molecule has 0 saturated heterocycles. The highest BCUT2D eigenvalue weighted by Gasteiger charge is 2.12. The summed E-state index contributed by atoms with van der Waals surface area (Å²) in [5, 5.41) is 3.00. The van der Waals surface area contributed by atoms with Gasteiger partial charge in [0.25, 0.3) is 5.91 Å². The Labute approximate surface area is 116 Å². The van der Waals surface area contributed by atoms with Crippen LogP contribution in [0.3, 0.4) is 0 Å². The number of hydrogen-bond donors (Lipinski definition) is 1. The van der Waals surface area contributed by atoms with Gasteiger partial charge in [0.1, 0.15) is 0 Å². The molecule has 0 saturated carbocycles. The maximum atomic E-state index is 12.1. The first-order valence-corrected chi connectivity index (χ1v) is 7.21. The van der Waals surface area contributed by atoms with E-state index < -0.39 is 0 Å². The van der Waals surface area contributed by atoms with Crippen LogP contribution in [0.1, 0.15) is 40.7 Å². The third-order valence-electron chi connectivity index (χ3n) is 3.68. The highest BCUT2D eigenvalue weighted by atomic mass is 16.1. The number of aryl methyl sites for hydroxylation is 2. The highest BCUT2D eigenvalue weighted by molar-refractivity contribution is 5.94. The first-order chi connectivity index (χ1) is 9.16. The quantitative estimate of drug-likeness (QED) is 0.824. The summed E-state index contributed by atoms with van der Waals surface area (Å²) >= 11 is 0. The zero-order valence-corrected chi connectivity index (χ0v) is 12.0. The highest BCUT2D eigenvalue weighted by Crippen LogP contribution is 2.22. The molecule has 3 heteroatoms. The van der Waals surface area contributed by atoms with Crippen molar-refractivity contribution in [3.8, 4) is 0 Å². The van der Waals surface area contributed by atoms with Gasteiger partial charge in [-0.15, -0.1) is 0 Å². The van der Waals surface area contributed by atoms with Crippen LogP contribution in [-0.2, 0) is 12.8 Å². The van der Waals surface area contributed by atoms with Gasteiger partial charge < -0.3 is 10.2 Å². The van der Waals surface area contributed by atoms with E-state index in [1.807, 2.05) is 20.2 Å². The number of carbonyl (C=O) groups excluding carboxylic acids is 1. The van der Waals surface area contributed by atoms with Crippen LogP contribution in [0.15, 0.2) is 18.2 Å². The smallest absolute Gasteiger partial charge is 0.251 e. The summed E-state index contributed by atoms with van der Waals surface area (Å²) in [5.74, 6) is 0.0622. The van der Waals surface area contributed by atoms with Crippen molar-refractivity contribution in [3.05, 3.63) is 34.9 Å². The van der Waals surface area contributed by atoms with Gasteiger partial charge in [-0.2, -0.15) is 0 Å². The van der Waals surface area contributed by atoms with Gasteiger partial charge >= 0.3 is 0 Å². The minimum Gasteiger partial charge on any atom is -0.352 e. The molecular formula is C16H24N2O. The predicted molar refractivity (Wildman–Crippen MR) is 78.6 cm³/mol. The molecule has 104 valence electrons. The molecule has 0 heterocycles. The zero-order valence-electron chi connectivity index (χ0n) is 12.0. The molecule has 0 fully saturated rings. The number of hydrogen-bond acceptors (Lipinski definition) is 2. The average molecular weight is 260 g/mol. The summed E-state index contributed by atoms with van der Waals surface area (Å²) in [6, 6.07) is 6.17. The molecule has 1 aliphatic carbocycles. The van der Waals surface area contributed by atoms with Crippen molar-refractivity contribution < 1.29 is 4.79 Å². The molecular weight excluding hydrogens is 236 g/mol. The standard InChI is InChI=1S/C16H24N2O/c1-18(2)11-5-10-17-16(19)15-9-8-13-6-3-4-7-14(13)12-15/h8-9,12H,3-7,10-11H2,1-2H3,(H,17,19). The van der Waals surface area contributed by atoms with Crippen molar-refractivity contribution in [3.63, 3.8) is 0 Å². The van der Waals surface area contributed by atoms with Crippen LogP contribution in [0.2, 0.25) is 0 Å². The summed E-state index contributed by atoms with van der Waals surface area (Å²) in [6.45, 7) is 1.75. The van der Waals surface area contributed by atoms with Gasteiger partial charge in [-0.25, -0.2) is 0 Å². The van der Waals surface area contributed by atoms with Crippen molar-refractivity contribution in [1.29, 1.82) is 0 Å². The molecule has 0 spiro atoms. The van der Waals surface area contributed by atoms with E-state index in [4.69, 9.17) is 0 Å². The van der Waals surface area contributed by atoms with E-state index in [0.29, 0.717) is 0 Å². The van der Waals surface area contributed by atoms with Crippen LogP contribution < -0.4 is 5.32 Å². The molecule has 0 bridgehead atoms. The Hall–Kier alpha value is -1.35. The molecule has 1 aliphatic rings. The van der Waals surface area contributed by atoms with Gasteiger partial charge in [0, 0.05) is 12.1 Å². The predicted octanol–water partition coefficient (Wildman–Crippen LogP) is 2.25. The van der Waals surface area contributed by atoms with Crippen molar-refractivity contribution in [1.82, 2.24) is 10.2 Å². The molecule has 0 aliphatic heterocycles. The lowest BCUT2D eigenvalue weighted by molar-refractivity contribution is 0.0952. The van der Waals surface area contributed by atoms with Crippen molar-refractivity contribution in [2.24, 2.45) is 0 Å². The molecule has 0 unspecified atom stereocenters. The van der Waals surface area contributed by atoms with E-state index in [1.54, 1.807) is 0 Å². The molecule has 1 N–H and O–H groups in total. The van der Waals surface area contributed by atoms with E-state index in [1.165, 1.54) is 30.4 Å². The van der Waals surface area contributed by atoms with Gasteiger partial charge in [0.15, 0.2) is 0 Å². The first-order valence-electron chi connectivity index (χ1n) is 7.21. The third-order valence-corrected chi connectivity index (χ3v) is 3.68. The van der Waals surface area contributed by atoms with Crippen LogP contribution in [0, 0.1) is 0 Å². The Kier molecular flexibility index (Phi) is 4.97. The fourth-order valence-corrected chi connectivity index (χ4v) is 2.57. The Bertz CT molecular complexity index is 440. The largest absolute Gasteiger partial charge is 0.352 e. The van der Waals surface area contributed by atoms with Gasteiger partial charge in [-0.05, 0) is 76.0 Å². The molecule has 0 aromatic heterocycles. The number of fused-ring (bicyclic) bond motifs is 1. The molecule has 19 heavy (non-hydrogen) atoms. The summed E-state index contributed by atoms with van der Waals surface area (Å²) in [7, 11) is 4.09. The third kappa shape index (κ3) is 4.06. The van der Waals surface area contributed by atoms with Gasteiger partial charge in [0.05, 0.1) is 0 Å². The lowest BCUT2D eigenvalue weighted by Crippen LogP contribution is -2.27. The molecule has 1 aromatic rings. The number of nitrogens with one attached hydrogen (secondary N) is 1. The van der Waals surface area contributed by atoms with Crippen LogP contribution >= 0.6 is 0 Å². The molecule has 3 nitrogen and oxygen atoms in total. The Morgan fingerprint density at radius 3 is 2.68 bits per heavy atom. The normalized spacial score (nSPS) is 14.3. The summed E-state index contributed by atoms with van der Waals surface area (Å²) in [4.78, 5) is 14.2. The average Bonchev–Trinajstić information content (AvgIpc) is 2.42. The van der Waals surface area contributed by atoms with Crippen molar-refractivity contribution in [2.45, 2.75) is 32.1 Å². The van der Waals surface area contributed by atoms with E-state index >= 15 is 0 Å². The number of benzene rings is 1. The van der Waals surface area contributed by atoms with Crippen LogP contribution in [0.5, 0.6) is 0 Å². The molecule has 0 radical (unpaired) electrons. The second-order valence-electron chi connectivity index (χ2n) is 5.60. The Morgan fingerprint density at radius 1 is 1.21 bits per heavy atom. The summed E-state index contributed by atoms with van der Waals surface area (Å²) in [5.41, 5.74) is 3.60. The fourth-order valence-electron chi connectivity index (χ4n) is 2.57. The summed E-state index contributed by atoms with van der Waals surface area (Å²) < 4.78 is 0. The van der Waals surface area contributed by atoms with Gasteiger partial charge in [-0.3, -0.25) is 4.79 Å². The van der Waals surface area contributed by atoms with Gasteiger partial charge in [-0.1, -0.05) is 6.07 Å². The van der Waals surface area contributed by atoms with E-state index in [-0.39, 0.29) is 5.91 Å².